The first-order valence-corrected chi connectivity index (χ1v) is 13.3. The van der Waals surface area contributed by atoms with E-state index >= 15 is 0 Å². The number of benzene rings is 4. The monoisotopic (exact) mass is 556 g/mol. The lowest BCUT2D eigenvalue weighted by atomic mass is 9.68. The fourth-order valence-electron chi connectivity index (χ4n) is 4.72. The van der Waals surface area contributed by atoms with E-state index in [-0.39, 0.29) is 5.82 Å². The first kappa shape index (κ1) is 28.6. The molecule has 0 atom stereocenters. The van der Waals surface area contributed by atoms with Gasteiger partial charge in [0.15, 0.2) is 0 Å². The summed E-state index contributed by atoms with van der Waals surface area (Å²) in [5, 5.41) is 0. The number of halogens is 4. The van der Waals surface area contributed by atoms with Crippen molar-refractivity contribution in [1.82, 2.24) is 0 Å². The Morgan fingerprint density at radius 3 is 1.34 bits per heavy atom. The number of rotatable bonds is 6. The largest absolute Gasteiger partial charge is 0.496 e. The van der Waals surface area contributed by atoms with Crippen molar-refractivity contribution in [3.63, 3.8) is 0 Å². The fourth-order valence-corrected chi connectivity index (χ4v) is 4.72. The molecule has 208 valence electrons. The van der Waals surface area contributed by atoms with Crippen molar-refractivity contribution in [2.75, 3.05) is 0 Å². The summed E-state index contributed by atoms with van der Waals surface area (Å²) in [6.45, 7) is 7.73. The summed E-state index contributed by atoms with van der Waals surface area (Å²) < 4.78 is 69.2. The van der Waals surface area contributed by atoms with Gasteiger partial charge in [-0.25, -0.2) is 17.6 Å². The van der Waals surface area contributed by atoms with E-state index < -0.39 is 35.8 Å². The number of hydrogen-bond acceptors (Lipinski definition) is 2. The van der Waals surface area contributed by atoms with Crippen LogP contribution in [0.25, 0.3) is 22.7 Å². The molecule has 0 saturated carbocycles. The molecule has 41 heavy (non-hydrogen) atoms. The minimum Gasteiger partial charge on any atom is -0.399 e. The summed E-state index contributed by atoms with van der Waals surface area (Å²) in [6, 6.07) is 23.9. The van der Waals surface area contributed by atoms with Gasteiger partial charge in [-0.05, 0) is 121 Å². The maximum atomic E-state index is 14.2. The van der Waals surface area contributed by atoms with Crippen LogP contribution in [-0.2, 0) is 9.31 Å². The zero-order valence-corrected chi connectivity index (χ0v) is 23.2. The third kappa shape index (κ3) is 6.07. The summed E-state index contributed by atoms with van der Waals surface area (Å²) in [5.74, 6) is -1.63. The molecule has 0 unspecified atom stereocenters. The van der Waals surface area contributed by atoms with Crippen molar-refractivity contribution in [3.8, 4) is 0 Å². The van der Waals surface area contributed by atoms with Gasteiger partial charge in [0, 0.05) is 0 Å². The molecule has 4 aromatic carbocycles. The maximum absolute atomic E-state index is 14.2. The molecule has 0 aliphatic carbocycles. The van der Waals surface area contributed by atoms with Gasteiger partial charge in [0.05, 0.1) is 11.2 Å². The second-order valence-electron chi connectivity index (χ2n) is 11.0. The third-order valence-corrected chi connectivity index (χ3v) is 7.65. The van der Waals surface area contributed by atoms with E-state index in [0.717, 1.165) is 0 Å². The average molecular weight is 556 g/mol. The Bertz CT molecular complexity index is 1570. The number of allylic oxidation sites excluding steroid dienone is 2. The second-order valence-corrected chi connectivity index (χ2v) is 11.0. The Hall–Kier alpha value is -3.94. The van der Waals surface area contributed by atoms with Gasteiger partial charge in [-0.1, -0.05) is 48.5 Å². The van der Waals surface area contributed by atoms with Crippen molar-refractivity contribution < 1.29 is 26.9 Å². The van der Waals surface area contributed by atoms with Crippen molar-refractivity contribution in [3.05, 3.63) is 143 Å². The van der Waals surface area contributed by atoms with Gasteiger partial charge in [0.25, 0.3) is 0 Å². The van der Waals surface area contributed by atoms with Crippen LogP contribution in [0.3, 0.4) is 0 Å². The van der Waals surface area contributed by atoms with Crippen molar-refractivity contribution in [2.24, 2.45) is 0 Å². The fraction of sp³-hybridized carbons (Fsp3) is 0.176. The molecule has 0 radical (unpaired) electrons. The molecular formula is C34H29BF4O2. The van der Waals surface area contributed by atoms with Crippen molar-refractivity contribution in [1.29, 1.82) is 0 Å². The highest BCUT2D eigenvalue weighted by Crippen LogP contribution is 2.46. The predicted octanol–water partition coefficient (Wildman–Crippen LogP) is 9.03. The molecule has 0 aromatic heterocycles. The Morgan fingerprint density at radius 2 is 0.902 bits per heavy atom. The summed E-state index contributed by atoms with van der Waals surface area (Å²) in [4.78, 5) is 0. The molecule has 0 spiro atoms. The lowest BCUT2D eigenvalue weighted by Gasteiger charge is -2.32. The van der Waals surface area contributed by atoms with Crippen molar-refractivity contribution in [2.45, 2.75) is 38.9 Å². The molecule has 0 bridgehead atoms. The topological polar surface area (TPSA) is 18.5 Å². The molecular weight excluding hydrogens is 527 g/mol. The summed E-state index contributed by atoms with van der Waals surface area (Å²) in [6.07, 6.45) is 1.85. The van der Waals surface area contributed by atoms with E-state index in [9.17, 15) is 17.6 Å². The lowest BCUT2D eigenvalue weighted by Crippen LogP contribution is -2.41. The minimum absolute atomic E-state index is 0.385. The third-order valence-electron chi connectivity index (χ3n) is 7.65. The van der Waals surface area contributed by atoms with Gasteiger partial charge >= 0.3 is 7.12 Å². The van der Waals surface area contributed by atoms with Gasteiger partial charge in [0.2, 0.25) is 0 Å². The van der Waals surface area contributed by atoms with Gasteiger partial charge in [-0.3, -0.25) is 0 Å². The van der Waals surface area contributed by atoms with Crippen LogP contribution in [0.2, 0.25) is 0 Å². The summed E-state index contributed by atoms with van der Waals surface area (Å²) >= 11 is 0. The molecule has 1 aliphatic rings. The molecule has 2 nitrogen and oxygen atoms in total. The van der Waals surface area contributed by atoms with Crippen LogP contribution in [0.1, 0.15) is 49.9 Å². The van der Waals surface area contributed by atoms with E-state index in [1.54, 1.807) is 48.5 Å². The molecule has 0 N–H and O–H groups in total. The van der Waals surface area contributed by atoms with Crippen LogP contribution < -0.4 is 0 Å². The standard InChI is InChI=1S/C34H29BF4O2/c1-33(2)34(3,4)41-35(40-33)32(25-11-19-29(39)20-12-25)31(24-9-17-28(38)18-10-24)30(23-7-15-27(37)16-8-23)21-22-5-13-26(36)14-6-22/h5-21H,1-4H3/b30-21-,32-31-. The summed E-state index contributed by atoms with van der Waals surface area (Å²) in [5.41, 5.74) is 2.97. The van der Waals surface area contributed by atoms with Crippen LogP contribution in [-0.4, -0.2) is 18.3 Å². The van der Waals surface area contributed by atoms with Gasteiger partial charge < -0.3 is 9.31 Å². The molecule has 4 aromatic rings. The quantitative estimate of drug-likeness (QED) is 0.102. The van der Waals surface area contributed by atoms with Crippen LogP contribution in [0, 0.1) is 23.3 Å². The second kappa shape index (κ2) is 11.1. The van der Waals surface area contributed by atoms with E-state index in [1.165, 1.54) is 48.5 Å². The molecule has 1 fully saturated rings. The Balaban J connectivity index is 1.89. The zero-order chi connectivity index (χ0) is 29.4. The Morgan fingerprint density at radius 1 is 0.537 bits per heavy atom. The molecule has 7 heteroatoms. The smallest absolute Gasteiger partial charge is 0.399 e. The predicted molar refractivity (Wildman–Crippen MR) is 156 cm³/mol. The van der Waals surface area contributed by atoms with Gasteiger partial charge in [0.1, 0.15) is 23.3 Å². The van der Waals surface area contributed by atoms with Crippen LogP contribution >= 0.6 is 0 Å². The van der Waals surface area contributed by atoms with Gasteiger partial charge in [-0.2, -0.15) is 0 Å². The van der Waals surface area contributed by atoms with Crippen molar-refractivity contribution >= 4 is 29.8 Å². The van der Waals surface area contributed by atoms with E-state index in [2.05, 4.69) is 0 Å². The average Bonchev–Trinajstić information content (AvgIpc) is 3.15. The first-order chi connectivity index (χ1) is 19.4. The van der Waals surface area contributed by atoms with E-state index in [1.807, 2.05) is 33.8 Å². The van der Waals surface area contributed by atoms with Crippen LogP contribution in [0.15, 0.2) is 97.1 Å². The highest BCUT2D eigenvalue weighted by molar-refractivity contribution is 6.72. The summed E-state index contributed by atoms with van der Waals surface area (Å²) in [7, 11) is -0.900. The Kier molecular flexibility index (Phi) is 7.77. The Labute approximate surface area is 238 Å². The van der Waals surface area contributed by atoms with E-state index in [4.69, 9.17) is 9.31 Å². The lowest BCUT2D eigenvalue weighted by molar-refractivity contribution is 0.00578. The molecule has 1 aliphatic heterocycles. The first-order valence-electron chi connectivity index (χ1n) is 13.3. The van der Waals surface area contributed by atoms with Crippen LogP contribution in [0.5, 0.6) is 0 Å². The highest BCUT2D eigenvalue weighted by Gasteiger charge is 2.53. The van der Waals surface area contributed by atoms with Gasteiger partial charge in [-0.15, -0.1) is 0 Å². The normalized spacial score (nSPS) is 17.0. The highest BCUT2D eigenvalue weighted by atomic mass is 19.1. The molecule has 1 saturated heterocycles. The SMILES string of the molecule is CC1(C)OB(/C(=C(\C(=C/c2ccc(F)cc2)c2ccc(F)cc2)c2ccc(F)cc2)c2ccc(F)cc2)OC1(C)C. The zero-order valence-electron chi connectivity index (χ0n) is 23.2. The molecule has 5 rings (SSSR count). The number of hydrogen-bond donors (Lipinski definition) is 0. The molecule has 0 amide bonds. The molecule has 1 heterocycles. The van der Waals surface area contributed by atoms with E-state index in [0.29, 0.717) is 38.9 Å². The van der Waals surface area contributed by atoms with Crippen LogP contribution in [0.4, 0.5) is 17.6 Å². The maximum Gasteiger partial charge on any atom is 0.496 e. The minimum atomic E-state index is -0.900.